The number of rotatable bonds is 2. The minimum Gasteiger partial charge on any atom is -0.297 e. The summed E-state index contributed by atoms with van der Waals surface area (Å²) < 4.78 is 0.793. The van der Waals surface area contributed by atoms with Crippen LogP contribution < -0.4 is 4.90 Å². The number of hydrogen-bond acceptors (Lipinski definition) is 1. The van der Waals surface area contributed by atoms with E-state index in [1.54, 1.807) is 6.92 Å². The molecule has 1 aliphatic rings. The van der Waals surface area contributed by atoms with Gasteiger partial charge in [-0.2, -0.15) is 0 Å². The Balaban J connectivity index is 2.26. The largest absolute Gasteiger partial charge is 0.297 e. The van der Waals surface area contributed by atoms with Gasteiger partial charge in [0.15, 0.2) is 0 Å². The van der Waals surface area contributed by atoms with Crippen molar-refractivity contribution >= 4 is 45.8 Å². The van der Waals surface area contributed by atoms with Crippen molar-refractivity contribution < 1.29 is 4.79 Å². The number of anilines is 1. The zero-order chi connectivity index (χ0) is 14.3. The average molecular weight is 398 g/mol. The van der Waals surface area contributed by atoms with E-state index in [2.05, 4.69) is 34.7 Å². The van der Waals surface area contributed by atoms with Gasteiger partial charge < -0.3 is 0 Å². The van der Waals surface area contributed by atoms with Gasteiger partial charge in [0, 0.05) is 21.9 Å². The lowest BCUT2D eigenvalue weighted by atomic mass is 9.74. The summed E-state index contributed by atoms with van der Waals surface area (Å²) in [5.74, 6) is 0.0559. The van der Waals surface area contributed by atoms with E-state index in [1.807, 2.05) is 41.3 Å². The molecule has 2 aromatic rings. The van der Waals surface area contributed by atoms with Crippen LogP contribution in [0.5, 0.6) is 0 Å². The highest BCUT2D eigenvalue weighted by molar-refractivity contribution is 14.1. The van der Waals surface area contributed by atoms with Crippen molar-refractivity contribution in [2.75, 3.05) is 9.33 Å². The Morgan fingerprint density at radius 2 is 1.95 bits per heavy atom. The molecule has 0 fully saturated rings. The lowest BCUT2D eigenvalue weighted by Gasteiger charge is -2.53. The van der Waals surface area contributed by atoms with Crippen LogP contribution >= 0.6 is 34.2 Å². The molecule has 0 aliphatic carbocycles. The molecule has 4 heteroatoms. The van der Waals surface area contributed by atoms with Crippen LogP contribution in [-0.2, 0) is 10.3 Å². The van der Waals surface area contributed by atoms with Gasteiger partial charge in [-0.3, -0.25) is 9.69 Å². The van der Waals surface area contributed by atoms with Crippen LogP contribution in [0.1, 0.15) is 18.1 Å². The molecule has 20 heavy (non-hydrogen) atoms. The number of amides is 1. The molecule has 0 radical (unpaired) electrons. The normalized spacial score (nSPS) is 20.2. The maximum Gasteiger partial charge on any atom is 0.224 e. The fraction of sp³-hybridized carbons (Fsp3) is 0.188. The monoisotopic (exact) mass is 397 g/mol. The summed E-state index contributed by atoms with van der Waals surface area (Å²) >= 11 is 8.49. The standard InChI is InChI=1S/C16H13ClINO/c1-11(20)19-15-8-7-13(17)9-14(15)16(19,10-18)12-5-3-2-4-6-12/h2-9H,10H2,1H3. The first-order chi connectivity index (χ1) is 9.61. The summed E-state index contributed by atoms with van der Waals surface area (Å²) in [7, 11) is 0. The van der Waals surface area contributed by atoms with Crippen LogP contribution in [0, 0.1) is 0 Å². The highest BCUT2D eigenvalue weighted by atomic mass is 127. The summed E-state index contributed by atoms with van der Waals surface area (Å²) in [5.41, 5.74) is 2.82. The third kappa shape index (κ3) is 1.79. The molecule has 3 rings (SSSR count). The molecule has 0 saturated carbocycles. The lowest BCUT2D eigenvalue weighted by molar-refractivity contribution is -0.117. The van der Waals surface area contributed by atoms with E-state index < -0.39 is 5.54 Å². The molecular weight excluding hydrogens is 385 g/mol. The Kier molecular flexibility index (Phi) is 3.50. The molecular formula is C16H13ClINO. The first-order valence-electron chi connectivity index (χ1n) is 6.33. The topological polar surface area (TPSA) is 20.3 Å². The molecule has 2 aromatic carbocycles. The van der Waals surface area contributed by atoms with Crippen LogP contribution in [0.25, 0.3) is 0 Å². The third-order valence-electron chi connectivity index (χ3n) is 3.79. The van der Waals surface area contributed by atoms with Crippen molar-refractivity contribution in [3.8, 4) is 0 Å². The first-order valence-corrected chi connectivity index (χ1v) is 8.24. The number of carbonyl (C=O) groups is 1. The molecule has 0 spiro atoms. The maximum absolute atomic E-state index is 12.1. The summed E-state index contributed by atoms with van der Waals surface area (Å²) in [6.45, 7) is 1.61. The summed E-state index contributed by atoms with van der Waals surface area (Å²) in [6.07, 6.45) is 0. The first kappa shape index (κ1) is 13.9. The maximum atomic E-state index is 12.1. The number of nitrogens with zero attached hydrogens (tertiary/aromatic N) is 1. The van der Waals surface area contributed by atoms with Gasteiger partial charge >= 0.3 is 0 Å². The molecule has 102 valence electrons. The van der Waals surface area contributed by atoms with Gasteiger partial charge in [-0.05, 0) is 23.8 Å². The van der Waals surface area contributed by atoms with Crippen molar-refractivity contribution in [2.45, 2.75) is 12.5 Å². The highest BCUT2D eigenvalue weighted by Gasteiger charge is 2.52. The molecule has 1 amide bonds. The number of benzene rings is 2. The quantitative estimate of drug-likeness (QED) is 0.544. The van der Waals surface area contributed by atoms with Gasteiger partial charge in [0.05, 0.1) is 5.69 Å². The van der Waals surface area contributed by atoms with E-state index in [4.69, 9.17) is 11.6 Å². The van der Waals surface area contributed by atoms with Gasteiger partial charge in [0.1, 0.15) is 5.54 Å². The predicted octanol–water partition coefficient (Wildman–Crippen LogP) is 4.39. The predicted molar refractivity (Wildman–Crippen MR) is 90.7 cm³/mol. The van der Waals surface area contributed by atoms with Crippen LogP contribution in [0.2, 0.25) is 5.02 Å². The third-order valence-corrected chi connectivity index (χ3v) is 5.13. The van der Waals surface area contributed by atoms with Crippen LogP contribution in [0.4, 0.5) is 5.69 Å². The van der Waals surface area contributed by atoms with Crippen LogP contribution in [0.3, 0.4) is 0 Å². The lowest BCUT2D eigenvalue weighted by Crippen LogP contribution is -2.59. The molecule has 0 N–H and O–H groups in total. The van der Waals surface area contributed by atoms with E-state index in [0.717, 1.165) is 21.2 Å². The molecule has 1 unspecified atom stereocenters. The molecule has 1 atom stereocenters. The summed E-state index contributed by atoms with van der Waals surface area (Å²) in [5, 5.41) is 0.706. The fourth-order valence-corrected chi connectivity index (χ4v) is 4.32. The second-order valence-corrected chi connectivity index (χ2v) is 6.08. The Labute approximate surface area is 136 Å². The zero-order valence-electron chi connectivity index (χ0n) is 10.9. The van der Waals surface area contributed by atoms with Gasteiger partial charge in [-0.15, -0.1) is 0 Å². The molecule has 0 aromatic heterocycles. The van der Waals surface area contributed by atoms with E-state index in [1.165, 1.54) is 0 Å². The minimum absolute atomic E-state index is 0.0559. The number of alkyl halides is 1. The van der Waals surface area contributed by atoms with E-state index in [-0.39, 0.29) is 5.91 Å². The van der Waals surface area contributed by atoms with Gasteiger partial charge in [0.25, 0.3) is 0 Å². The van der Waals surface area contributed by atoms with Gasteiger partial charge in [0.2, 0.25) is 5.91 Å². The van der Waals surface area contributed by atoms with E-state index >= 15 is 0 Å². The van der Waals surface area contributed by atoms with Crippen molar-refractivity contribution in [3.05, 3.63) is 64.7 Å². The molecule has 0 saturated heterocycles. The second-order valence-electron chi connectivity index (χ2n) is 4.88. The van der Waals surface area contributed by atoms with Gasteiger partial charge in [-0.25, -0.2) is 0 Å². The summed E-state index contributed by atoms with van der Waals surface area (Å²) in [6, 6.07) is 15.9. The smallest absolute Gasteiger partial charge is 0.224 e. The van der Waals surface area contributed by atoms with Crippen molar-refractivity contribution in [1.82, 2.24) is 0 Å². The minimum atomic E-state index is -0.395. The van der Waals surface area contributed by atoms with Crippen molar-refractivity contribution in [3.63, 3.8) is 0 Å². The number of fused-ring (bicyclic) bond motifs is 1. The number of hydrogen-bond donors (Lipinski definition) is 0. The number of carbonyl (C=O) groups excluding carboxylic acids is 1. The summed E-state index contributed by atoms with van der Waals surface area (Å²) in [4.78, 5) is 14.0. The Bertz CT molecular complexity index is 673. The van der Waals surface area contributed by atoms with Crippen LogP contribution in [0.15, 0.2) is 48.5 Å². The molecule has 2 nitrogen and oxygen atoms in total. The van der Waals surface area contributed by atoms with Gasteiger partial charge in [-0.1, -0.05) is 64.5 Å². The Morgan fingerprint density at radius 1 is 1.25 bits per heavy atom. The SMILES string of the molecule is CC(=O)N1c2ccc(Cl)cc2C1(CI)c1ccccc1. The highest BCUT2D eigenvalue weighted by Crippen LogP contribution is 2.53. The van der Waals surface area contributed by atoms with Crippen molar-refractivity contribution in [2.24, 2.45) is 0 Å². The fourth-order valence-electron chi connectivity index (χ4n) is 2.95. The number of halogens is 2. The molecule has 0 bridgehead atoms. The van der Waals surface area contributed by atoms with E-state index in [0.29, 0.717) is 5.02 Å². The van der Waals surface area contributed by atoms with E-state index in [9.17, 15) is 4.79 Å². The molecule has 1 aliphatic heterocycles. The zero-order valence-corrected chi connectivity index (χ0v) is 13.9. The average Bonchev–Trinajstić information content (AvgIpc) is 2.43. The molecule has 1 heterocycles. The Hall–Kier alpha value is -1.07. The van der Waals surface area contributed by atoms with Crippen molar-refractivity contribution in [1.29, 1.82) is 0 Å². The Morgan fingerprint density at radius 3 is 2.55 bits per heavy atom. The van der Waals surface area contributed by atoms with Crippen LogP contribution in [-0.4, -0.2) is 10.3 Å². The second kappa shape index (κ2) is 5.04.